The Kier molecular flexibility index (Phi) is 5.41. The minimum absolute atomic E-state index is 0.264. The topological polar surface area (TPSA) is 41.3 Å². The summed E-state index contributed by atoms with van der Waals surface area (Å²) in [6.45, 7) is 5.26. The van der Waals surface area contributed by atoms with Crippen LogP contribution in [0, 0.1) is 11.7 Å². The molecular weight excluding hydrogens is 229 g/mol. The Morgan fingerprint density at radius 3 is 2.56 bits per heavy atom. The Labute approximate surface area is 109 Å². The van der Waals surface area contributed by atoms with E-state index in [1.807, 2.05) is 14.1 Å². The molecule has 1 unspecified atom stereocenters. The summed E-state index contributed by atoms with van der Waals surface area (Å²) in [4.78, 5) is 2.12. The lowest BCUT2D eigenvalue weighted by atomic mass is 10.0. The number of nitrogens with zero attached hydrogens (tertiary/aromatic N) is 1. The van der Waals surface area contributed by atoms with E-state index in [-0.39, 0.29) is 11.9 Å². The molecule has 102 valence electrons. The van der Waals surface area contributed by atoms with E-state index < -0.39 is 0 Å². The van der Waals surface area contributed by atoms with Gasteiger partial charge in [-0.3, -0.25) is 0 Å². The van der Waals surface area contributed by atoms with E-state index in [1.54, 1.807) is 6.07 Å². The van der Waals surface area contributed by atoms with E-state index in [0.29, 0.717) is 17.3 Å². The molecule has 0 fully saturated rings. The molecule has 0 bridgehead atoms. The van der Waals surface area contributed by atoms with Crippen molar-refractivity contribution in [3.05, 3.63) is 24.0 Å². The zero-order valence-electron chi connectivity index (χ0n) is 11.7. The van der Waals surface area contributed by atoms with E-state index in [1.165, 1.54) is 12.1 Å². The van der Waals surface area contributed by atoms with Gasteiger partial charge in [-0.1, -0.05) is 13.8 Å². The SMILES string of the molecule is CC(C)CC(CN(C)C)Nc1cc(F)ccc1N. The number of nitrogens with two attached hydrogens (primary N) is 1. The van der Waals surface area contributed by atoms with E-state index in [4.69, 9.17) is 5.73 Å². The van der Waals surface area contributed by atoms with Gasteiger partial charge in [-0.25, -0.2) is 4.39 Å². The zero-order valence-corrected chi connectivity index (χ0v) is 11.7. The molecule has 18 heavy (non-hydrogen) atoms. The molecule has 0 aliphatic heterocycles. The normalized spacial score (nSPS) is 13.1. The highest BCUT2D eigenvalue weighted by molar-refractivity contribution is 5.66. The van der Waals surface area contributed by atoms with Gasteiger partial charge in [0, 0.05) is 12.6 Å². The van der Waals surface area contributed by atoms with Crippen LogP contribution in [0.2, 0.25) is 0 Å². The highest BCUT2D eigenvalue weighted by Crippen LogP contribution is 2.21. The molecular formula is C14H24FN3. The van der Waals surface area contributed by atoms with Crippen molar-refractivity contribution >= 4 is 11.4 Å². The van der Waals surface area contributed by atoms with Crippen LogP contribution in [0.5, 0.6) is 0 Å². The van der Waals surface area contributed by atoms with Crippen molar-refractivity contribution < 1.29 is 4.39 Å². The van der Waals surface area contributed by atoms with Gasteiger partial charge in [0.2, 0.25) is 0 Å². The fourth-order valence-corrected chi connectivity index (χ4v) is 2.06. The van der Waals surface area contributed by atoms with Crippen molar-refractivity contribution in [1.29, 1.82) is 0 Å². The Morgan fingerprint density at radius 1 is 1.33 bits per heavy atom. The van der Waals surface area contributed by atoms with Crippen LogP contribution in [0.3, 0.4) is 0 Å². The number of halogens is 1. The first-order valence-electron chi connectivity index (χ1n) is 6.34. The molecule has 0 saturated heterocycles. The number of anilines is 2. The number of nitrogen functional groups attached to an aromatic ring is 1. The highest BCUT2D eigenvalue weighted by Gasteiger charge is 2.13. The molecule has 0 radical (unpaired) electrons. The fourth-order valence-electron chi connectivity index (χ4n) is 2.06. The number of likely N-dealkylation sites (N-methyl/N-ethyl adjacent to an activating group) is 1. The van der Waals surface area contributed by atoms with Crippen molar-refractivity contribution in [2.24, 2.45) is 5.92 Å². The Bertz CT molecular complexity index is 367. The van der Waals surface area contributed by atoms with Gasteiger partial charge in [0.15, 0.2) is 0 Å². The number of nitrogens with one attached hydrogen (secondary N) is 1. The van der Waals surface area contributed by atoms with Crippen LogP contribution >= 0.6 is 0 Å². The minimum Gasteiger partial charge on any atom is -0.397 e. The number of hydrogen-bond donors (Lipinski definition) is 2. The molecule has 1 aromatic carbocycles. The second-order valence-corrected chi connectivity index (χ2v) is 5.46. The number of rotatable bonds is 6. The average Bonchev–Trinajstić information content (AvgIpc) is 2.21. The van der Waals surface area contributed by atoms with Crippen molar-refractivity contribution in [2.45, 2.75) is 26.3 Å². The summed E-state index contributed by atoms with van der Waals surface area (Å²) in [5.41, 5.74) is 7.13. The molecule has 0 heterocycles. The molecule has 0 aliphatic rings. The Balaban J connectivity index is 2.77. The lowest BCUT2D eigenvalue weighted by Crippen LogP contribution is -2.33. The maximum Gasteiger partial charge on any atom is 0.125 e. The van der Waals surface area contributed by atoms with Crippen LogP contribution in [0.15, 0.2) is 18.2 Å². The molecule has 0 saturated carbocycles. The maximum atomic E-state index is 13.2. The monoisotopic (exact) mass is 253 g/mol. The summed E-state index contributed by atoms with van der Waals surface area (Å²) in [6, 6.07) is 4.70. The molecule has 0 aliphatic carbocycles. The molecule has 3 N–H and O–H groups in total. The second-order valence-electron chi connectivity index (χ2n) is 5.46. The molecule has 0 aromatic heterocycles. The first kappa shape index (κ1) is 14.8. The predicted octanol–water partition coefficient (Wildman–Crippen LogP) is 2.80. The third kappa shape index (κ3) is 4.92. The summed E-state index contributed by atoms with van der Waals surface area (Å²) in [5, 5.41) is 3.34. The van der Waals surface area contributed by atoms with Gasteiger partial charge >= 0.3 is 0 Å². The quantitative estimate of drug-likeness (QED) is 0.766. The zero-order chi connectivity index (χ0) is 13.7. The van der Waals surface area contributed by atoms with E-state index >= 15 is 0 Å². The molecule has 4 heteroatoms. The third-order valence-corrected chi connectivity index (χ3v) is 2.72. The van der Waals surface area contributed by atoms with Crippen LogP contribution in [0.1, 0.15) is 20.3 Å². The smallest absolute Gasteiger partial charge is 0.125 e. The molecule has 1 atom stereocenters. The van der Waals surface area contributed by atoms with E-state index in [0.717, 1.165) is 13.0 Å². The van der Waals surface area contributed by atoms with Gasteiger partial charge in [0.1, 0.15) is 5.82 Å². The number of benzene rings is 1. The van der Waals surface area contributed by atoms with Crippen LogP contribution in [0.25, 0.3) is 0 Å². The maximum absolute atomic E-state index is 13.2. The molecule has 1 aromatic rings. The van der Waals surface area contributed by atoms with Gasteiger partial charge in [0.25, 0.3) is 0 Å². The summed E-state index contributed by atoms with van der Waals surface area (Å²) in [5.74, 6) is 0.317. The highest BCUT2D eigenvalue weighted by atomic mass is 19.1. The van der Waals surface area contributed by atoms with Gasteiger partial charge in [-0.2, -0.15) is 0 Å². The van der Waals surface area contributed by atoms with Crippen molar-refractivity contribution in [3.8, 4) is 0 Å². The minimum atomic E-state index is -0.264. The Hall–Kier alpha value is -1.29. The van der Waals surface area contributed by atoms with Gasteiger partial charge in [0.05, 0.1) is 11.4 Å². The summed E-state index contributed by atoms with van der Waals surface area (Å²) >= 11 is 0. The van der Waals surface area contributed by atoms with Crippen molar-refractivity contribution in [3.63, 3.8) is 0 Å². The second kappa shape index (κ2) is 6.59. The van der Waals surface area contributed by atoms with E-state index in [2.05, 4.69) is 24.1 Å². The van der Waals surface area contributed by atoms with Gasteiger partial charge in [-0.15, -0.1) is 0 Å². The van der Waals surface area contributed by atoms with Gasteiger partial charge in [-0.05, 0) is 44.6 Å². The Morgan fingerprint density at radius 2 is 2.00 bits per heavy atom. The predicted molar refractivity (Wildman–Crippen MR) is 76.2 cm³/mol. The van der Waals surface area contributed by atoms with Crippen LogP contribution in [0.4, 0.5) is 15.8 Å². The third-order valence-electron chi connectivity index (χ3n) is 2.72. The van der Waals surface area contributed by atoms with Crippen molar-refractivity contribution in [1.82, 2.24) is 4.90 Å². The number of hydrogen-bond acceptors (Lipinski definition) is 3. The molecule has 0 spiro atoms. The summed E-state index contributed by atoms with van der Waals surface area (Å²) in [7, 11) is 4.06. The van der Waals surface area contributed by atoms with E-state index in [9.17, 15) is 4.39 Å². The lowest BCUT2D eigenvalue weighted by molar-refractivity contribution is 0.356. The average molecular weight is 253 g/mol. The van der Waals surface area contributed by atoms with Gasteiger partial charge < -0.3 is 16.0 Å². The first-order chi connectivity index (χ1) is 8.38. The standard InChI is InChI=1S/C14H24FN3/c1-10(2)7-12(9-18(3)4)17-14-8-11(15)5-6-13(14)16/h5-6,8,10,12,17H,7,9,16H2,1-4H3. The summed E-state index contributed by atoms with van der Waals surface area (Å²) < 4.78 is 13.2. The van der Waals surface area contributed by atoms with Crippen LogP contribution in [-0.4, -0.2) is 31.6 Å². The fraction of sp³-hybridized carbons (Fsp3) is 0.571. The van der Waals surface area contributed by atoms with Crippen molar-refractivity contribution in [2.75, 3.05) is 31.7 Å². The lowest BCUT2D eigenvalue weighted by Gasteiger charge is -2.25. The first-order valence-corrected chi connectivity index (χ1v) is 6.34. The van der Waals surface area contributed by atoms with Crippen LogP contribution in [-0.2, 0) is 0 Å². The molecule has 3 nitrogen and oxygen atoms in total. The van der Waals surface area contributed by atoms with Crippen LogP contribution < -0.4 is 11.1 Å². The molecule has 0 amide bonds. The largest absolute Gasteiger partial charge is 0.397 e. The molecule has 1 rings (SSSR count). The summed E-state index contributed by atoms with van der Waals surface area (Å²) in [6.07, 6.45) is 1.02.